The Morgan fingerprint density at radius 3 is 1.05 bits per heavy atom. The van der Waals surface area contributed by atoms with Gasteiger partial charge in [0.1, 0.15) is 0 Å². The first-order valence-electron chi connectivity index (χ1n) is 5.19. The highest BCUT2D eigenvalue weighted by atomic mass is 16.4. The number of rotatable bonds is 9. The first-order valence-corrected chi connectivity index (χ1v) is 5.19. The van der Waals surface area contributed by atoms with E-state index < -0.39 is 60.4 Å². The zero-order chi connectivity index (χ0) is 16.0. The van der Waals surface area contributed by atoms with Gasteiger partial charge in [0.2, 0.25) is 0 Å². The second kappa shape index (κ2) is 7.07. The van der Waals surface area contributed by atoms with Crippen LogP contribution in [0.3, 0.4) is 0 Å². The summed E-state index contributed by atoms with van der Waals surface area (Å²) in [5.41, 5.74) is 0. The highest BCUT2D eigenvalue weighted by molar-refractivity contribution is 5.89. The summed E-state index contributed by atoms with van der Waals surface area (Å²) in [4.78, 5) is 54.0. The largest absolute Gasteiger partial charge is 0.481 e. The topological polar surface area (TPSA) is 186 Å². The SMILES string of the molecule is O=C(O)C[C@@H](C(=O)O)C(C(=O)O)[C@@H](CC(=O)O)C(=O)O. The molecular formula is C10H12O10. The Bertz CT molecular complexity index is 405. The lowest BCUT2D eigenvalue weighted by Gasteiger charge is -2.23. The van der Waals surface area contributed by atoms with Crippen LogP contribution in [0.15, 0.2) is 0 Å². The Kier molecular flexibility index (Phi) is 6.13. The summed E-state index contributed by atoms with van der Waals surface area (Å²) in [6, 6.07) is 0. The van der Waals surface area contributed by atoms with E-state index in [1.165, 1.54) is 0 Å². The monoisotopic (exact) mass is 292 g/mol. The lowest BCUT2D eigenvalue weighted by molar-refractivity contribution is -0.166. The summed E-state index contributed by atoms with van der Waals surface area (Å²) in [7, 11) is 0. The minimum Gasteiger partial charge on any atom is -0.481 e. The van der Waals surface area contributed by atoms with Gasteiger partial charge in [-0.15, -0.1) is 0 Å². The highest BCUT2D eigenvalue weighted by Gasteiger charge is 2.45. The molecule has 0 heterocycles. The fraction of sp³-hybridized carbons (Fsp3) is 0.500. The average Bonchev–Trinajstić information content (AvgIpc) is 2.24. The van der Waals surface area contributed by atoms with Crippen molar-refractivity contribution in [2.24, 2.45) is 17.8 Å². The Hall–Kier alpha value is -2.65. The highest BCUT2D eigenvalue weighted by Crippen LogP contribution is 2.28. The van der Waals surface area contributed by atoms with Crippen LogP contribution in [0.25, 0.3) is 0 Å². The minimum atomic E-state index is -2.17. The second-order valence-electron chi connectivity index (χ2n) is 3.95. The van der Waals surface area contributed by atoms with E-state index in [0.717, 1.165) is 0 Å². The molecule has 10 nitrogen and oxygen atoms in total. The van der Waals surface area contributed by atoms with Crippen molar-refractivity contribution >= 4 is 29.8 Å². The Balaban J connectivity index is 5.59. The summed E-state index contributed by atoms with van der Waals surface area (Å²) in [6.45, 7) is 0. The van der Waals surface area contributed by atoms with Gasteiger partial charge in [0, 0.05) is 0 Å². The lowest BCUT2D eigenvalue weighted by atomic mass is 9.78. The third-order valence-corrected chi connectivity index (χ3v) is 2.58. The molecule has 0 bridgehead atoms. The van der Waals surface area contributed by atoms with Crippen molar-refractivity contribution in [1.82, 2.24) is 0 Å². The van der Waals surface area contributed by atoms with Gasteiger partial charge >= 0.3 is 29.8 Å². The summed E-state index contributed by atoms with van der Waals surface area (Å²) >= 11 is 0. The Morgan fingerprint density at radius 2 is 0.900 bits per heavy atom. The molecule has 0 saturated heterocycles. The van der Waals surface area contributed by atoms with Crippen LogP contribution in [-0.2, 0) is 24.0 Å². The van der Waals surface area contributed by atoms with E-state index in [1.54, 1.807) is 0 Å². The van der Waals surface area contributed by atoms with Gasteiger partial charge in [-0.3, -0.25) is 24.0 Å². The molecule has 112 valence electrons. The van der Waals surface area contributed by atoms with Crippen LogP contribution in [0, 0.1) is 17.8 Å². The number of carbonyl (C=O) groups is 5. The van der Waals surface area contributed by atoms with Gasteiger partial charge in [-0.2, -0.15) is 0 Å². The maximum atomic E-state index is 11.0. The predicted molar refractivity (Wildman–Crippen MR) is 57.9 cm³/mol. The predicted octanol–water partition coefficient (Wildman–Crippen LogP) is -0.962. The van der Waals surface area contributed by atoms with E-state index in [9.17, 15) is 24.0 Å². The van der Waals surface area contributed by atoms with Crippen molar-refractivity contribution in [2.45, 2.75) is 12.8 Å². The molecule has 20 heavy (non-hydrogen) atoms. The van der Waals surface area contributed by atoms with Gasteiger partial charge in [0.25, 0.3) is 0 Å². The zero-order valence-corrected chi connectivity index (χ0v) is 9.92. The summed E-state index contributed by atoms with van der Waals surface area (Å²) in [5, 5.41) is 43.7. The molecule has 0 aliphatic carbocycles. The van der Waals surface area contributed by atoms with Crippen LogP contribution in [-0.4, -0.2) is 55.4 Å². The molecule has 5 N–H and O–H groups in total. The van der Waals surface area contributed by atoms with Crippen LogP contribution in [0.2, 0.25) is 0 Å². The smallest absolute Gasteiger partial charge is 0.308 e. The molecule has 0 amide bonds. The normalized spacial score (nSPS) is 13.4. The number of hydrogen-bond acceptors (Lipinski definition) is 5. The van der Waals surface area contributed by atoms with Gasteiger partial charge in [0.15, 0.2) is 0 Å². The van der Waals surface area contributed by atoms with Crippen LogP contribution >= 0.6 is 0 Å². The van der Waals surface area contributed by atoms with E-state index in [1.807, 2.05) is 0 Å². The summed E-state index contributed by atoms with van der Waals surface area (Å²) in [5.74, 6) is -15.1. The Morgan fingerprint density at radius 1 is 0.600 bits per heavy atom. The fourth-order valence-electron chi connectivity index (χ4n) is 1.74. The quantitative estimate of drug-likeness (QED) is 0.354. The third kappa shape index (κ3) is 4.92. The van der Waals surface area contributed by atoms with E-state index >= 15 is 0 Å². The first-order chi connectivity index (χ1) is 9.07. The van der Waals surface area contributed by atoms with Crippen molar-refractivity contribution in [3.63, 3.8) is 0 Å². The first kappa shape index (κ1) is 17.4. The van der Waals surface area contributed by atoms with Crippen LogP contribution in [0.5, 0.6) is 0 Å². The molecule has 0 unspecified atom stereocenters. The maximum Gasteiger partial charge on any atom is 0.308 e. The van der Waals surface area contributed by atoms with E-state index in [4.69, 9.17) is 25.5 Å². The van der Waals surface area contributed by atoms with Crippen molar-refractivity contribution < 1.29 is 49.5 Å². The molecule has 0 aliphatic heterocycles. The molecule has 0 saturated carbocycles. The molecule has 0 spiro atoms. The van der Waals surface area contributed by atoms with Crippen molar-refractivity contribution in [3.8, 4) is 0 Å². The molecule has 2 atom stereocenters. The Labute approximate surface area is 111 Å². The van der Waals surface area contributed by atoms with Crippen LogP contribution in [0.1, 0.15) is 12.8 Å². The number of hydrogen-bond donors (Lipinski definition) is 5. The average molecular weight is 292 g/mol. The fourth-order valence-corrected chi connectivity index (χ4v) is 1.74. The van der Waals surface area contributed by atoms with Crippen LogP contribution in [0.4, 0.5) is 0 Å². The molecule has 0 aromatic carbocycles. The molecule has 0 aromatic heterocycles. The van der Waals surface area contributed by atoms with Gasteiger partial charge < -0.3 is 25.5 Å². The molecule has 10 heteroatoms. The summed E-state index contributed by atoms with van der Waals surface area (Å²) in [6.07, 6.45) is -2.26. The van der Waals surface area contributed by atoms with Gasteiger partial charge in [-0.1, -0.05) is 0 Å². The van der Waals surface area contributed by atoms with Crippen LogP contribution < -0.4 is 0 Å². The maximum absolute atomic E-state index is 11.0. The molecule has 0 radical (unpaired) electrons. The van der Waals surface area contributed by atoms with E-state index in [2.05, 4.69) is 0 Å². The summed E-state index contributed by atoms with van der Waals surface area (Å²) < 4.78 is 0. The molecule has 0 rings (SSSR count). The number of carboxylic acids is 5. The van der Waals surface area contributed by atoms with Gasteiger partial charge in [-0.25, -0.2) is 0 Å². The minimum absolute atomic E-state index is 1.13. The van der Waals surface area contributed by atoms with Gasteiger partial charge in [0.05, 0.1) is 30.6 Å². The van der Waals surface area contributed by atoms with Crippen molar-refractivity contribution in [3.05, 3.63) is 0 Å². The standard InChI is InChI=1S/C10H12O10/c11-5(12)1-3(8(15)16)7(10(19)20)4(9(17)18)2-6(13)14/h3-4,7H,1-2H2,(H,11,12)(H,13,14)(H,15,16)(H,17,18)(H,19,20)/t3-,4-/m1/s1. The molecule has 0 fully saturated rings. The zero-order valence-electron chi connectivity index (χ0n) is 9.92. The van der Waals surface area contributed by atoms with Crippen molar-refractivity contribution in [2.75, 3.05) is 0 Å². The molecule has 0 aromatic rings. The van der Waals surface area contributed by atoms with Crippen molar-refractivity contribution in [1.29, 1.82) is 0 Å². The lowest BCUT2D eigenvalue weighted by Crippen LogP contribution is -2.41. The van der Waals surface area contributed by atoms with E-state index in [0.29, 0.717) is 0 Å². The number of carboxylic acid groups (broad SMARTS) is 5. The second-order valence-corrected chi connectivity index (χ2v) is 3.95. The third-order valence-electron chi connectivity index (χ3n) is 2.58. The molecule has 0 aliphatic rings. The van der Waals surface area contributed by atoms with Gasteiger partial charge in [-0.05, 0) is 0 Å². The van der Waals surface area contributed by atoms with E-state index in [-0.39, 0.29) is 0 Å². The number of aliphatic carboxylic acids is 5. The molecular weight excluding hydrogens is 280 g/mol.